The molecule has 0 heterocycles. The maximum Gasteiger partial charge on any atom is 0.246 e. The lowest BCUT2D eigenvalue weighted by atomic mass is 9.91. The zero-order valence-corrected chi connectivity index (χ0v) is 20.2. The Bertz CT molecular complexity index is 742. The molecule has 0 aromatic heterocycles. The van der Waals surface area contributed by atoms with Crippen LogP contribution in [0.25, 0.3) is 0 Å². The first kappa shape index (κ1) is 26.7. The van der Waals surface area contributed by atoms with Crippen LogP contribution in [0.2, 0.25) is 0 Å². The van der Waals surface area contributed by atoms with Gasteiger partial charge in [-0.15, -0.1) is 0 Å². The lowest BCUT2D eigenvalue weighted by Gasteiger charge is -2.36. The van der Waals surface area contributed by atoms with E-state index in [1.165, 1.54) is 0 Å². The van der Waals surface area contributed by atoms with Crippen LogP contribution in [0.15, 0.2) is 35.4 Å². The Morgan fingerprint density at radius 1 is 1.10 bits per heavy atom. The topological polar surface area (TPSA) is 82.7 Å². The number of anilines is 1. The third-order valence-corrected chi connectivity index (χ3v) is 5.52. The number of benzene rings is 1. The van der Waals surface area contributed by atoms with Crippen LogP contribution in [0.5, 0.6) is 0 Å². The summed E-state index contributed by atoms with van der Waals surface area (Å²) in [5, 5.41) is 9.12. The molecule has 0 radical (unpaired) electrons. The molecule has 0 unspecified atom stereocenters. The van der Waals surface area contributed by atoms with Crippen molar-refractivity contribution < 1.29 is 14.3 Å². The molecule has 0 fully saturated rings. The van der Waals surface area contributed by atoms with Crippen LogP contribution >= 0.6 is 0 Å². The van der Waals surface area contributed by atoms with E-state index in [4.69, 9.17) is 4.74 Å². The van der Waals surface area contributed by atoms with E-state index < -0.39 is 0 Å². The van der Waals surface area contributed by atoms with Crippen LogP contribution in [0.1, 0.15) is 46.6 Å². The number of methoxy groups -OCH3 is 1. The van der Waals surface area contributed by atoms with Gasteiger partial charge < -0.3 is 20.7 Å². The highest BCUT2D eigenvalue weighted by Crippen LogP contribution is 2.24. The summed E-state index contributed by atoms with van der Waals surface area (Å²) in [6.45, 7) is 12.5. The van der Waals surface area contributed by atoms with Crippen LogP contribution in [0.4, 0.5) is 5.69 Å². The van der Waals surface area contributed by atoms with E-state index in [1.807, 2.05) is 45.0 Å². The molecule has 0 atom stereocenters. The minimum Gasteiger partial charge on any atom is -0.383 e. The van der Waals surface area contributed by atoms with E-state index in [-0.39, 0.29) is 17.4 Å². The van der Waals surface area contributed by atoms with Gasteiger partial charge in [0, 0.05) is 37.0 Å². The smallest absolute Gasteiger partial charge is 0.246 e. The van der Waals surface area contributed by atoms with Crippen LogP contribution in [-0.2, 0) is 20.7 Å². The van der Waals surface area contributed by atoms with Crippen LogP contribution in [0, 0.1) is 0 Å². The van der Waals surface area contributed by atoms with E-state index in [2.05, 4.69) is 41.7 Å². The van der Waals surface area contributed by atoms with Crippen LogP contribution < -0.4 is 16.0 Å². The summed E-state index contributed by atoms with van der Waals surface area (Å²) in [4.78, 5) is 26.2. The summed E-state index contributed by atoms with van der Waals surface area (Å²) in [6.07, 6.45) is 1.15. The van der Waals surface area contributed by atoms with Crippen molar-refractivity contribution in [2.24, 2.45) is 0 Å². The zero-order chi connectivity index (χ0) is 23.4. The van der Waals surface area contributed by atoms with Crippen molar-refractivity contribution >= 4 is 17.5 Å². The monoisotopic (exact) mass is 432 g/mol. The molecule has 1 aromatic carbocycles. The first-order valence-electron chi connectivity index (χ1n) is 10.8. The third-order valence-electron chi connectivity index (χ3n) is 5.52. The van der Waals surface area contributed by atoms with Crippen molar-refractivity contribution in [3.63, 3.8) is 0 Å². The molecule has 0 saturated heterocycles. The average molecular weight is 433 g/mol. The van der Waals surface area contributed by atoms with Gasteiger partial charge in [0.2, 0.25) is 11.8 Å². The molecule has 31 heavy (non-hydrogen) atoms. The number of nitrogens with zero attached hydrogens (tertiary/aromatic N) is 1. The van der Waals surface area contributed by atoms with Crippen LogP contribution in [0.3, 0.4) is 0 Å². The average Bonchev–Trinajstić information content (AvgIpc) is 2.72. The van der Waals surface area contributed by atoms with Crippen molar-refractivity contribution in [1.29, 1.82) is 0 Å². The SMILES string of the molecule is CCNC(=O)/C(C)=C(\C)CC(C)(C)N(C)CNc1ccc(CC(=O)NCCOC)cc1. The molecule has 0 spiro atoms. The van der Waals surface area contributed by atoms with E-state index in [0.29, 0.717) is 32.8 Å². The highest BCUT2D eigenvalue weighted by Gasteiger charge is 2.25. The Kier molecular flexibility index (Phi) is 11.3. The number of carbonyl (C=O) groups is 2. The van der Waals surface area contributed by atoms with E-state index in [9.17, 15) is 9.59 Å². The van der Waals surface area contributed by atoms with Crippen molar-refractivity contribution in [3.05, 3.63) is 41.0 Å². The summed E-state index contributed by atoms with van der Waals surface area (Å²) in [7, 11) is 3.68. The van der Waals surface area contributed by atoms with Crippen molar-refractivity contribution in [2.75, 3.05) is 45.8 Å². The Morgan fingerprint density at radius 3 is 2.32 bits per heavy atom. The number of likely N-dealkylation sites (N-methyl/N-ethyl adjacent to an activating group) is 1. The van der Waals surface area contributed by atoms with Crippen molar-refractivity contribution in [3.8, 4) is 0 Å². The van der Waals surface area contributed by atoms with Crippen LogP contribution in [-0.4, -0.2) is 62.8 Å². The Morgan fingerprint density at radius 2 is 1.74 bits per heavy atom. The second-order valence-corrected chi connectivity index (χ2v) is 8.50. The van der Waals surface area contributed by atoms with Gasteiger partial charge in [-0.3, -0.25) is 14.5 Å². The first-order valence-corrected chi connectivity index (χ1v) is 10.8. The minimum atomic E-state index is -0.120. The molecule has 3 N–H and O–H groups in total. The van der Waals surface area contributed by atoms with E-state index in [1.54, 1.807) is 7.11 Å². The quantitative estimate of drug-likeness (QED) is 0.254. The number of hydrogen-bond donors (Lipinski definition) is 3. The fraction of sp³-hybridized carbons (Fsp3) is 0.583. The van der Waals surface area contributed by atoms with Gasteiger partial charge >= 0.3 is 0 Å². The number of hydrogen-bond acceptors (Lipinski definition) is 5. The highest BCUT2D eigenvalue weighted by atomic mass is 16.5. The molecule has 2 amide bonds. The standard InChI is InChI=1S/C24H40N4O3/c1-8-25-23(30)19(3)18(2)16-24(4,5)28(6)17-27-21-11-9-20(10-12-21)15-22(29)26-13-14-31-7/h9-12,27H,8,13-17H2,1-7H3,(H,25,30)(H,26,29)/b19-18+. The lowest BCUT2D eigenvalue weighted by Crippen LogP contribution is -2.44. The van der Waals surface area contributed by atoms with E-state index in [0.717, 1.165) is 28.8 Å². The second-order valence-electron chi connectivity index (χ2n) is 8.50. The molecule has 0 saturated carbocycles. The highest BCUT2D eigenvalue weighted by molar-refractivity contribution is 5.93. The fourth-order valence-corrected chi connectivity index (χ4v) is 3.11. The summed E-state index contributed by atoms with van der Waals surface area (Å²) in [5.74, 6) is -0.00498. The maximum atomic E-state index is 12.1. The minimum absolute atomic E-state index is 0.00375. The van der Waals surface area contributed by atoms with E-state index >= 15 is 0 Å². The molecule has 0 aliphatic carbocycles. The molecular weight excluding hydrogens is 392 g/mol. The summed E-state index contributed by atoms with van der Waals surface area (Å²) in [6, 6.07) is 7.91. The Hall–Kier alpha value is -2.38. The molecule has 0 aliphatic heterocycles. The third kappa shape index (κ3) is 9.53. The zero-order valence-electron chi connectivity index (χ0n) is 20.2. The predicted molar refractivity (Wildman–Crippen MR) is 127 cm³/mol. The molecule has 7 heteroatoms. The molecule has 174 valence electrons. The molecule has 1 aromatic rings. The molecule has 0 aliphatic rings. The number of amides is 2. The van der Waals surface area contributed by atoms with Crippen molar-refractivity contribution in [2.45, 2.75) is 53.0 Å². The summed E-state index contributed by atoms with van der Waals surface area (Å²) >= 11 is 0. The van der Waals surface area contributed by atoms with Gasteiger partial charge in [-0.2, -0.15) is 0 Å². The molecule has 0 bridgehead atoms. The number of carbonyl (C=O) groups excluding carboxylic acids is 2. The fourth-order valence-electron chi connectivity index (χ4n) is 3.11. The largest absolute Gasteiger partial charge is 0.383 e. The number of nitrogens with one attached hydrogen (secondary N) is 3. The number of rotatable bonds is 13. The van der Waals surface area contributed by atoms with Gasteiger partial charge in [0.05, 0.1) is 19.7 Å². The second kappa shape index (κ2) is 13.1. The Balaban J connectivity index is 2.58. The summed E-state index contributed by atoms with van der Waals surface area (Å²) in [5.41, 5.74) is 3.73. The number of ether oxygens (including phenoxy) is 1. The molecule has 7 nitrogen and oxygen atoms in total. The molecular formula is C24H40N4O3. The van der Waals surface area contributed by atoms with Gasteiger partial charge in [-0.05, 0) is 65.8 Å². The Labute approximate surface area is 187 Å². The van der Waals surface area contributed by atoms with Gasteiger partial charge in [0.15, 0.2) is 0 Å². The molecule has 1 rings (SSSR count). The summed E-state index contributed by atoms with van der Waals surface area (Å²) < 4.78 is 4.93. The van der Waals surface area contributed by atoms with Gasteiger partial charge in [0.1, 0.15) is 0 Å². The normalized spacial score (nSPS) is 12.4. The first-order chi connectivity index (χ1) is 14.6. The predicted octanol–water partition coefficient (Wildman–Crippen LogP) is 2.93. The van der Waals surface area contributed by atoms with Gasteiger partial charge in [-0.1, -0.05) is 17.7 Å². The van der Waals surface area contributed by atoms with Gasteiger partial charge in [0.25, 0.3) is 0 Å². The van der Waals surface area contributed by atoms with Gasteiger partial charge in [-0.25, -0.2) is 0 Å². The maximum absolute atomic E-state index is 12.1. The lowest BCUT2D eigenvalue weighted by molar-refractivity contribution is -0.120. The van der Waals surface area contributed by atoms with Crippen molar-refractivity contribution in [1.82, 2.24) is 15.5 Å².